The van der Waals surface area contributed by atoms with Crippen LogP contribution in [0.25, 0.3) is 22.1 Å². The van der Waals surface area contributed by atoms with Gasteiger partial charge >= 0.3 is 0 Å². The lowest BCUT2D eigenvalue weighted by Crippen LogP contribution is -2.41. The van der Waals surface area contributed by atoms with Crippen LogP contribution in [0.1, 0.15) is 80.0 Å². The Hall–Kier alpha value is -3.42. The van der Waals surface area contributed by atoms with Gasteiger partial charge in [0.1, 0.15) is 28.1 Å². The number of nitrogens with zero attached hydrogens (tertiary/aromatic N) is 4. The first-order chi connectivity index (χ1) is 17.7. The number of hydrogen-bond acceptors (Lipinski definition) is 6. The van der Waals surface area contributed by atoms with Gasteiger partial charge in [0.25, 0.3) is 0 Å². The van der Waals surface area contributed by atoms with Gasteiger partial charge in [-0.05, 0) is 53.4 Å². The van der Waals surface area contributed by atoms with E-state index in [0.717, 1.165) is 47.3 Å². The molecule has 0 aromatic carbocycles. The number of aryl methyl sites for hydroxylation is 2. The molecule has 3 aromatic heterocycles. The number of primary amides is 1. The van der Waals surface area contributed by atoms with Gasteiger partial charge < -0.3 is 21.1 Å². The molecule has 1 atom stereocenters. The third-order valence-electron chi connectivity index (χ3n) is 7.73. The Morgan fingerprint density at radius 1 is 1.13 bits per heavy atom. The zero-order valence-corrected chi connectivity index (χ0v) is 23.9. The topological polar surface area (TPSA) is 133 Å². The zero-order chi connectivity index (χ0) is 28.0. The van der Waals surface area contributed by atoms with E-state index in [1.165, 1.54) is 0 Å². The van der Waals surface area contributed by atoms with Crippen LogP contribution in [0, 0.1) is 16.2 Å². The lowest BCUT2D eigenvalue weighted by Gasteiger charge is -2.41. The molecule has 3 aromatic rings. The first-order valence-electron chi connectivity index (χ1n) is 13.5. The van der Waals surface area contributed by atoms with Crippen LogP contribution in [0.4, 0.5) is 5.82 Å². The van der Waals surface area contributed by atoms with Crippen molar-refractivity contribution in [3.05, 3.63) is 47.1 Å². The molecule has 0 radical (unpaired) electrons. The molecular formula is C30H42N6O2. The summed E-state index contributed by atoms with van der Waals surface area (Å²) in [7, 11) is 0. The van der Waals surface area contributed by atoms with Gasteiger partial charge in [0.2, 0.25) is 5.91 Å². The number of carbonyl (C=O) groups is 1. The Bertz CT molecular complexity index is 1450. The third-order valence-corrected chi connectivity index (χ3v) is 7.73. The summed E-state index contributed by atoms with van der Waals surface area (Å²) in [6, 6.07) is 3.74. The summed E-state index contributed by atoms with van der Waals surface area (Å²) in [6.07, 6.45) is 7.28. The van der Waals surface area contributed by atoms with E-state index >= 15 is 0 Å². The average Bonchev–Trinajstić information content (AvgIpc) is 3.20. The van der Waals surface area contributed by atoms with Gasteiger partial charge in [-0.1, -0.05) is 61.0 Å². The molecule has 4 rings (SSSR count). The van der Waals surface area contributed by atoms with E-state index < -0.39 is 11.3 Å². The summed E-state index contributed by atoms with van der Waals surface area (Å²) < 4.78 is 2.16. The van der Waals surface area contributed by atoms with Crippen molar-refractivity contribution in [2.24, 2.45) is 22.0 Å². The zero-order valence-electron chi connectivity index (χ0n) is 23.9. The summed E-state index contributed by atoms with van der Waals surface area (Å²) in [5.74, 6) is 1.17. The Morgan fingerprint density at radius 3 is 2.45 bits per heavy atom. The number of imidazole rings is 1. The van der Waals surface area contributed by atoms with Gasteiger partial charge in [-0.15, -0.1) is 0 Å². The maximum absolute atomic E-state index is 13.3. The average molecular weight is 519 g/mol. The predicted molar refractivity (Wildman–Crippen MR) is 153 cm³/mol. The molecule has 38 heavy (non-hydrogen) atoms. The number of anilines is 1. The molecule has 5 N–H and O–H groups in total. The van der Waals surface area contributed by atoms with E-state index in [2.05, 4.69) is 42.2 Å². The molecule has 3 heterocycles. The number of fused-ring (bicyclic) bond motifs is 3. The number of aliphatic hydroxyl groups is 1. The molecule has 0 bridgehead atoms. The van der Waals surface area contributed by atoms with Crippen molar-refractivity contribution in [3.63, 3.8) is 0 Å². The standard InChI is InChI=1S/C30H42N6O2/c1-8-9-12-21-35-23-24(22-20(34-26(23)31)11-10-14-33-22)36(21)15-13-30(27(32)38)16-18(28(2,3)4)25(37)19(17-30)29(5,6)7/h10-11,14,16,37H,8-9,12-13,15,17H2,1-7H3,(H2,31,34)(H2,32,38). The van der Waals surface area contributed by atoms with Crippen LogP contribution in [-0.4, -0.2) is 30.5 Å². The highest BCUT2D eigenvalue weighted by atomic mass is 16.3. The van der Waals surface area contributed by atoms with Crippen molar-refractivity contribution < 1.29 is 9.90 Å². The molecule has 1 aliphatic carbocycles. The van der Waals surface area contributed by atoms with Crippen LogP contribution < -0.4 is 11.5 Å². The smallest absolute Gasteiger partial charge is 0.227 e. The number of nitrogen functional groups attached to an aromatic ring is 1. The molecule has 0 fully saturated rings. The molecule has 8 heteroatoms. The molecule has 0 saturated carbocycles. The second-order valence-corrected chi connectivity index (χ2v) is 12.7. The van der Waals surface area contributed by atoms with E-state index in [-0.39, 0.29) is 16.6 Å². The minimum absolute atomic E-state index is 0.285. The van der Waals surface area contributed by atoms with E-state index in [0.29, 0.717) is 36.2 Å². The van der Waals surface area contributed by atoms with Gasteiger partial charge in [0.05, 0.1) is 10.9 Å². The van der Waals surface area contributed by atoms with Crippen molar-refractivity contribution in [2.75, 3.05) is 5.73 Å². The number of nitrogens with two attached hydrogens (primary N) is 2. The quantitative estimate of drug-likeness (QED) is 0.351. The Balaban J connectivity index is 1.88. The number of carbonyl (C=O) groups excluding carboxylic acids is 1. The largest absolute Gasteiger partial charge is 0.508 e. The van der Waals surface area contributed by atoms with Crippen LogP contribution in [0.15, 0.2) is 41.3 Å². The van der Waals surface area contributed by atoms with Crippen LogP contribution >= 0.6 is 0 Å². The van der Waals surface area contributed by atoms with Gasteiger partial charge in [-0.25, -0.2) is 9.97 Å². The molecule has 0 spiro atoms. The highest BCUT2D eigenvalue weighted by Crippen LogP contribution is 2.50. The van der Waals surface area contributed by atoms with Crippen molar-refractivity contribution in [3.8, 4) is 0 Å². The van der Waals surface area contributed by atoms with Crippen molar-refractivity contribution in [1.29, 1.82) is 0 Å². The number of allylic oxidation sites excluding steroid dienone is 2. The van der Waals surface area contributed by atoms with Gasteiger partial charge in [-0.3, -0.25) is 9.78 Å². The molecule has 8 nitrogen and oxygen atoms in total. The number of aliphatic hydroxyl groups excluding tert-OH is 1. The number of aromatic nitrogens is 4. The summed E-state index contributed by atoms with van der Waals surface area (Å²) in [5, 5.41) is 11.3. The predicted octanol–water partition coefficient (Wildman–Crippen LogP) is 6.00. The van der Waals surface area contributed by atoms with E-state index in [1.54, 1.807) is 6.20 Å². The minimum Gasteiger partial charge on any atom is -0.508 e. The molecule has 0 aliphatic heterocycles. The maximum atomic E-state index is 13.3. The molecule has 1 unspecified atom stereocenters. The number of amides is 1. The fourth-order valence-corrected chi connectivity index (χ4v) is 5.44. The van der Waals surface area contributed by atoms with Crippen molar-refractivity contribution in [2.45, 2.75) is 87.1 Å². The number of hydrogen-bond donors (Lipinski definition) is 3. The summed E-state index contributed by atoms with van der Waals surface area (Å²) in [4.78, 5) is 27.3. The Morgan fingerprint density at radius 2 is 1.84 bits per heavy atom. The SMILES string of the molecule is CCCCc1nc2c(N)nc3cccnc3c2n1CCC1(C(N)=O)C=C(C(C)(C)C)C(O)=C(C(C)(C)C)C1. The monoisotopic (exact) mass is 518 g/mol. The van der Waals surface area contributed by atoms with E-state index in [4.69, 9.17) is 16.5 Å². The number of pyridine rings is 2. The second kappa shape index (κ2) is 9.71. The highest BCUT2D eigenvalue weighted by Gasteiger charge is 2.44. The van der Waals surface area contributed by atoms with Crippen LogP contribution in [0.2, 0.25) is 0 Å². The highest BCUT2D eigenvalue weighted by molar-refractivity contribution is 6.04. The van der Waals surface area contributed by atoms with Crippen molar-refractivity contribution >= 4 is 33.8 Å². The van der Waals surface area contributed by atoms with Crippen LogP contribution in [-0.2, 0) is 17.8 Å². The van der Waals surface area contributed by atoms with E-state index in [1.807, 2.05) is 39.0 Å². The maximum Gasteiger partial charge on any atom is 0.227 e. The molecule has 0 saturated heterocycles. The number of rotatable bonds is 7. The molecule has 1 aliphatic rings. The normalized spacial score (nSPS) is 18.9. The Labute approximate surface area is 225 Å². The minimum atomic E-state index is -0.960. The second-order valence-electron chi connectivity index (χ2n) is 12.7. The van der Waals surface area contributed by atoms with E-state index in [9.17, 15) is 9.90 Å². The van der Waals surface area contributed by atoms with Gasteiger partial charge in [0, 0.05) is 19.2 Å². The lowest BCUT2D eigenvalue weighted by atomic mass is 9.64. The number of unbranched alkanes of at least 4 members (excludes halogenated alkanes) is 1. The van der Waals surface area contributed by atoms with Crippen molar-refractivity contribution in [1.82, 2.24) is 19.5 Å². The summed E-state index contributed by atoms with van der Waals surface area (Å²) in [6.45, 7) is 15.0. The first kappa shape index (κ1) is 27.6. The lowest BCUT2D eigenvalue weighted by molar-refractivity contribution is -0.126. The summed E-state index contributed by atoms with van der Waals surface area (Å²) in [5.41, 5.74) is 15.4. The summed E-state index contributed by atoms with van der Waals surface area (Å²) >= 11 is 0. The van der Waals surface area contributed by atoms with Gasteiger partial charge in [0.15, 0.2) is 5.82 Å². The fraction of sp³-hybridized carbons (Fsp3) is 0.533. The first-order valence-corrected chi connectivity index (χ1v) is 13.5. The van der Waals surface area contributed by atoms with Crippen LogP contribution in [0.5, 0.6) is 0 Å². The Kier molecular flexibility index (Phi) is 7.06. The fourth-order valence-electron chi connectivity index (χ4n) is 5.44. The van der Waals surface area contributed by atoms with Gasteiger partial charge in [-0.2, -0.15) is 0 Å². The molecule has 204 valence electrons. The van der Waals surface area contributed by atoms with Crippen LogP contribution in [0.3, 0.4) is 0 Å². The third kappa shape index (κ3) is 4.88. The molecule has 1 amide bonds. The molecular weight excluding hydrogens is 476 g/mol.